The number of hydrogen-bond donors (Lipinski definition) is 0. The Hall–Kier alpha value is -1.65. The molecule has 0 radical (unpaired) electrons. The van der Waals surface area contributed by atoms with Crippen LogP contribution in [0.4, 0.5) is 13.2 Å². The number of halogens is 3. The summed E-state index contributed by atoms with van der Waals surface area (Å²) in [7, 11) is 0. The maximum Gasteiger partial charge on any atom is 0.204 e. The molecule has 5 heteroatoms. The van der Waals surface area contributed by atoms with Gasteiger partial charge in [-0.2, -0.15) is 8.78 Å². The first kappa shape index (κ1) is 24.0. The minimum Gasteiger partial charge on any atom is -0.491 e. The highest BCUT2D eigenvalue weighted by Gasteiger charge is 2.30. The molecule has 3 rings (SSSR count). The van der Waals surface area contributed by atoms with E-state index in [9.17, 15) is 13.2 Å². The lowest BCUT2D eigenvalue weighted by atomic mass is 9.69. The Bertz CT molecular complexity index is 690. The van der Waals surface area contributed by atoms with Gasteiger partial charge in [0.25, 0.3) is 0 Å². The maximum atomic E-state index is 14.2. The van der Waals surface area contributed by atoms with Gasteiger partial charge in [-0.1, -0.05) is 12.2 Å². The van der Waals surface area contributed by atoms with Gasteiger partial charge in [-0.15, -0.1) is 0 Å². The quantitative estimate of drug-likeness (QED) is 0.276. The van der Waals surface area contributed by atoms with Crippen molar-refractivity contribution in [2.75, 3.05) is 19.9 Å². The van der Waals surface area contributed by atoms with Gasteiger partial charge in [-0.05, 0) is 107 Å². The zero-order chi connectivity index (χ0) is 22.1. The summed E-state index contributed by atoms with van der Waals surface area (Å²) in [6.07, 6.45) is 15.6. The van der Waals surface area contributed by atoms with E-state index < -0.39 is 11.6 Å². The Morgan fingerprint density at radius 2 is 1.45 bits per heavy atom. The van der Waals surface area contributed by atoms with Gasteiger partial charge in [0.2, 0.25) is 11.6 Å². The van der Waals surface area contributed by atoms with Gasteiger partial charge < -0.3 is 9.47 Å². The molecule has 2 nitrogen and oxygen atoms in total. The minimum absolute atomic E-state index is 0.0269. The van der Waals surface area contributed by atoms with Crippen LogP contribution in [0.3, 0.4) is 0 Å². The molecule has 0 N–H and O–H groups in total. The largest absolute Gasteiger partial charge is 0.491 e. The Morgan fingerprint density at radius 1 is 0.871 bits per heavy atom. The van der Waals surface area contributed by atoms with E-state index in [0.29, 0.717) is 31.5 Å². The first-order valence-corrected chi connectivity index (χ1v) is 12.1. The predicted molar refractivity (Wildman–Crippen MR) is 118 cm³/mol. The first-order chi connectivity index (χ1) is 15.1. The summed E-state index contributed by atoms with van der Waals surface area (Å²) >= 11 is 0. The molecule has 0 unspecified atom stereocenters. The van der Waals surface area contributed by atoms with Crippen molar-refractivity contribution in [3.63, 3.8) is 0 Å². The van der Waals surface area contributed by atoms with Crippen molar-refractivity contribution >= 4 is 0 Å². The van der Waals surface area contributed by atoms with Gasteiger partial charge in [0.05, 0.1) is 19.9 Å². The van der Waals surface area contributed by atoms with Crippen LogP contribution in [-0.2, 0) is 0 Å². The molecule has 0 spiro atoms. The molecule has 0 atom stereocenters. The number of benzene rings is 1. The summed E-state index contributed by atoms with van der Waals surface area (Å²) in [6, 6.07) is 2.89. The Morgan fingerprint density at radius 3 is 2.03 bits per heavy atom. The highest BCUT2D eigenvalue weighted by atomic mass is 19.2. The highest BCUT2D eigenvalue weighted by Crippen LogP contribution is 2.42. The lowest BCUT2D eigenvalue weighted by molar-refractivity contribution is 0.127. The Kier molecular flexibility index (Phi) is 9.60. The zero-order valence-corrected chi connectivity index (χ0v) is 18.8. The van der Waals surface area contributed by atoms with Gasteiger partial charge in [0.15, 0.2) is 11.5 Å². The normalized spacial score (nSPS) is 26.8. The minimum atomic E-state index is -0.976. The Balaban J connectivity index is 1.38. The number of alkyl halides is 1. The van der Waals surface area contributed by atoms with E-state index in [-0.39, 0.29) is 18.2 Å². The second kappa shape index (κ2) is 12.4. The molecule has 0 bridgehead atoms. The van der Waals surface area contributed by atoms with Gasteiger partial charge in [-0.3, -0.25) is 4.39 Å². The average molecular weight is 439 g/mol. The van der Waals surface area contributed by atoms with Crippen molar-refractivity contribution in [2.24, 2.45) is 23.7 Å². The van der Waals surface area contributed by atoms with Crippen molar-refractivity contribution < 1.29 is 22.6 Å². The third kappa shape index (κ3) is 6.92. The molecular weight excluding hydrogens is 401 g/mol. The van der Waals surface area contributed by atoms with E-state index in [4.69, 9.17) is 9.47 Å². The number of hydrogen-bond acceptors (Lipinski definition) is 2. The van der Waals surface area contributed by atoms with E-state index in [1.807, 2.05) is 0 Å². The van der Waals surface area contributed by atoms with Crippen molar-refractivity contribution in [2.45, 2.75) is 71.1 Å². The predicted octanol–water partition coefficient (Wildman–Crippen LogP) is 7.66. The van der Waals surface area contributed by atoms with E-state index in [2.05, 4.69) is 12.2 Å². The zero-order valence-electron chi connectivity index (χ0n) is 18.8. The molecule has 0 amide bonds. The molecule has 2 saturated carbocycles. The van der Waals surface area contributed by atoms with Gasteiger partial charge in [0, 0.05) is 0 Å². The van der Waals surface area contributed by atoms with Gasteiger partial charge in [-0.25, -0.2) is 0 Å². The third-order valence-electron chi connectivity index (χ3n) is 7.07. The van der Waals surface area contributed by atoms with Crippen LogP contribution < -0.4 is 9.47 Å². The fraction of sp³-hybridized carbons (Fsp3) is 0.692. The molecule has 2 fully saturated rings. The first-order valence-electron chi connectivity index (χ1n) is 12.1. The highest BCUT2D eigenvalue weighted by molar-refractivity contribution is 5.35. The molecule has 174 valence electrons. The molecule has 2 aliphatic rings. The maximum absolute atomic E-state index is 14.2. The van der Waals surface area contributed by atoms with Crippen LogP contribution in [0.5, 0.6) is 11.5 Å². The number of unbranched alkanes of at least 4 members (excludes halogenated alkanes) is 1. The van der Waals surface area contributed by atoms with Crippen LogP contribution in [0.2, 0.25) is 0 Å². The van der Waals surface area contributed by atoms with Gasteiger partial charge in [0.1, 0.15) is 0 Å². The van der Waals surface area contributed by atoms with Crippen LogP contribution in [0, 0.1) is 35.3 Å². The molecule has 2 aliphatic carbocycles. The van der Waals surface area contributed by atoms with E-state index in [1.54, 1.807) is 6.92 Å². The number of ether oxygens (including phenoxy) is 2. The molecule has 1 aromatic carbocycles. The number of allylic oxidation sites excluding steroid dienone is 2. The fourth-order valence-electron chi connectivity index (χ4n) is 5.22. The molecule has 0 heterocycles. The second-order valence-corrected chi connectivity index (χ2v) is 9.15. The van der Waals surface area contributed by atoms with Crippen molar-refractivity contribution in [1.82, 2.24) is 0 Å². The number of rotatable bonds is 10. The van der Waals surface area contributed by atoms with Crippen LogP contribution in [0.25, 0.3) is 0 Å². The molecular formula is C26H37F3O2. The lowest BCUT2D eigenvalue weighted by Gasteiger charge is -2.37. The van der Waals surface area contributed by atoms with Crippen LogP contribution in [-0.4, -0.2) is 19.9 Å². The van der Waals surface area contributed by atoms with E-state index in [1.165, 1.54) is 50.7 Å². The summed E-state index contributed by atoms with van der Waals surface area (Å²) in [5, 5.41) is 0. The van der Waals surface area contributed by atoms with Crippen LogP contribution in [0.1, 0.15) is 71.1 Å². The topological polar surface area (TPSA) is 18.5 Å². The fourth-order valence-corrected chi connectivity index (χ4v) is 5.22. The molecule has 0 saturated heterocycles. The standard InChI is InChI=1S/C26H37F3O2/c1-2-30-23-15-16-24(26(29)25(23)28)31-18-20-9-13-22(14-10-20)21-11-7-19(8-12-21)6-4-3-5-17-27/h4,6,15-16,19-22H,2-3,5,7-14,17-18H2,1H3. The van der Waals surface area contributed by atoms with Crippen molar-refractivity contribution in [3.8, 4) is 11.5 Å². The monoisotopic (exact) mass is 438 g/mol. The van der Waals surface area contributed by atoms with Crippen molar-refractivity contribution in [1.29, 1.82) is 0 Å². The van der Waals surface area contributed by atoms with E-state index >= 15 is 0 Å². The summed E-state index contributed by atoms with van der Waals surface area (Å²) < 4.78 is 51.1. The molecule has 1 aromatic rings. The summed E-state index contributed by atoms with van der Waals surface area (Å²) in [5.41, 5.74) is 0. The van der Waals surface area contributed by atoms with E-state index in [0.717, 1.165) is 31.1 Å². The third-order valence-corrected chi connectivity index (χ3v) is 7.07. The SMILES string of the molecule is CCOc1ccc(OCC2CCC(C3CCC(C=CCCCF)CC3)CC2)c(F)c1F. The summed E-state index contributed by atoms with van der Waals surface area (Å²) in [6.45, 7) is 2.24. The van der Waals surface area contributed by atoms with Crippen molar-refractivity contribution in [3.05, 3.63) is 35.9 Å². The lowest BCUT2D eigenvalue weighted by Crippen LogP contribution is -2.27. The Labute approximate surface area is 185 Å². The van der Waals surface area contributed by atoms with Crippen LogP contribution >= 0.6 is 0 Å². The molecule has 31 heavy (non-hydrogen) atoms. The molecule has 0 aliphatic heterocycles. The summed E-state index contributed by atoms with van der Waals surface area (Å²) in [5.74, 6) is 0.636. The average Bonchev–Trinajstić information content (AvgIpc) is 2.80. The summed E-state index contributed by atoms with van der Waals surface area (Å²) in [4.78, 5) is 0. The second-order valence-electron chi connectivity index (χ2n) is 9.15. The molecule has 0 aromatic heterocycles. The smallest absolute Gasteiger partial charge is 0.204 e. The van der Waals surface area contributed by atoms with Gasteiger partial charge >= 0.3 is 0 Å². The van der Waals surface area contributed by atoms with Crippen LogP contribution in [0.15, 0.2) is 24.3 Å².